The van der Waals surface area contributed by atoms with Gasteiger partial charge in [0.15, 0.2) is 0 Å². The van der Waals surface area contributed by atoms with Gasteiger partial charge in [-0.3, -0.25) is 0 Å². The number of nitrogens with zero attached hydrogens (tertiary/aromatic N) is 2. The van der Waals surface area contributed by atoms with Crippen LogP contribution in [0.4, 0.5) is 30.6 Å². The number of hydrogen-bond acceptors (Lipinski definition) is 5. The molecule has 134 valence electrons. The maximum Gasteiger partial charge on any atom is 0.417 e. The van der Waals surface area contributed by atoms with Gasteiger partial charge in [-0.1, -0.05) is 15.9 Å². The number of nitrogens with one attached hydrogen (secondary N) is 2. The lowest BCUT2D eigenvalue weighted by molar-refractivity contribution is -0.138. The molecule has 1 aliphatic rings. The zero-order valence-electron chi connectivity index (χ0n) is 13.1. The minimum Gasteiger partial charge on any atom is -0.395 e. The van der Waals surface area contributed by atoms with Crippen molar-refractivity contribution in [3.63, 3.8) is 0 Å². The van der Waals surface area contributed by atoms with Gasteiger partial charge < -0.3 is 15.7 Å². The van der Waals surface area contributed by atoms with Gasteiger partial charge in [-0.2, -0.15) is 18.2 Å². The van der Waals surface area contributed by atoms with Crippen LogP contribution in [0, 0.1) is 0 Å². The summed E-state index contributed by atoms with van der Waals surface area (Å²) in [6.45, 7) is 0.228. The predicted octanol–water partition coefficient (Wildman–Crippen LogP) is 4.28. The molecule has 0 amide bonds. The van der Waals surface area contributed by atoms with Crippen molar-refractivity contribution in [2.24, 2.45) is 0 Å². The second-order valence-electron chi connectivity index (χ2n) is 5.74. The first kappa shape index (κ1) is 17.9. The normalized spacial score (nSPS) is 14.4. The molecule has 0 unspecified atom stereocenters. The Hall–Kier alpha value is -1.87. The Bertz CT molecular complexity index is 766. The van der Waals surface area contributed by atoms with Gasteiger partial charge in [-0.15, -0.1) is 0 Å². The standard InChI is InChI=1S/C16H16BrF3N4O/c17-12-4-3-10(7-11(12)16(18,19)20)22-14-8-13(9-1-2-9)23-15(24-14)21-5-6-25/h3-4,7-9,25H,1-2,5-6H2,(H2,21,22,23,24). The third kappa shape index (κ3) is 4.60. The average molecular weight is 417 g/mol. The van der Waals surface area contributed by atoms with E-state index >= 15 is 0 Å². The number of aromatic nitrogens is 2. The molecule has 9 heteroatoms. The molecule has 1 aliphatic carbocycles. The molecule has 1 aromatic heterocycles. The maximum atomic E-state index is 13.0. The molecule has 1 fully saturated rings. The van der Waals surface area contributed by atoms with E-state index in [4.69, 9.17) is 5.11 Å². The molecule has 1 aromatic carbocycles. The summed E-state index contributed by atoms with van der Waals surface area (Å²) >= 11 is 2.92. The zero-order valence-corrected chi connectivity index (χ0v) is 14.7. The van der Waals surface area contributed by atoms with Crippen LogP contribution >= 0.6 is 15.9 Å². The zero-order chi connectivity index (χ0) is 18.0. The first-order valence-corrected chi connectivity index (χ1v) is 8.53. The molecule has 0 spiro atoms. The van der Waals surface area contributed by atoms with Gasteiger partial charge in [-0.05, 0) is 31.0 Å². The van der Waals surface area contributed by atoms with Crippen molar-refractivity contribution in [2.45, 2.75) is 24.9 Å². The Morgan fingerprint density at radius 1 is 1.20 bits per heavy atom. The highest BCUT2D eigenvalue weighted by molar-refractivity contribution is 9.10. The SMILES string of the molecule is OCCNc1nc(Nc2ccc(Br)c(C(F)(F)F)c2)cc(C2CC2)n1. The van der Waals surface area contributed by atoms with Crippen LogP contribution in [0.1, 0.15) is 30.0 Å². The summed E-state index contributed by atoms with van der Waals surface area (Å²) in [7, 11) is 0. The van der Waals surface area contributed by atoms with E-state index in [9.17, 15) is 13.2 Å². The van der Waals surface area contributed by atoms with Crippen LogP contribution in [0.2, 0.25) is 0 Å². The van der Waals surface area contributed by atoms with E-state index in [1.807, 2.05) is 0 Å². The maximum absolute atomic E-state index is 13.0. The molecular weight excluding hydrogens is 401 g/mol. The van der Waals surface area contributed by atoms with E-state index in [0.717, 1.165) is 24.6 Å². The molecule has 1 saturated carbocycles. The summed E-state index contributed by atoms with van der Waals surface area (Å²) in [6, 6.07) is 5.67. The Balaban J connectivity index is 1.88. The molecular formula is C16H16BrF3N4O. The molecule has 0 atom stereocenters. The van der Waals surface area contributed by atoms with Gasteiger partial charge in [0.25, 0.3) is 0 Å². The largest absolute Gasteiger partial charge is 0.417 e. The Morgan fingerprint density at radius 3 is 2.60 bits per heavy atom. The first-order chi connectivity index (χ1) is 11.9. The van der Waals surface area contributed by atoms with Crippen LogP contribution in [-0.2, 0) is 6.18 Å². The fraction of sp³-hybridized carbons (Fsp3) is 0.375. The van der Waals surface area contributed by atoms with Gasteiger partial charge in [0.2, 0.25) is 5.95 Å². The summed E-state index contributed by atoms with van der Waals surface area (Å²) in [6.07, 6.45) is -2.38. The van der Waals surface area contributed by atoms with Gasteiger partial charge >= 0.3 is 6.18 Å². The summed E-state index contributed by atoms with van der Waals surface area (Å²) in [5.74, 6) is 1.11. The van der Waals surface area contributed by atoms with Crippen molar-refractivity contribution in [3.05, 3.63) is 40.0 Å². The van der Waals surface area contributed by atoms with E-state index in [-0.39, 0.29) is 16.8 Å². The van der Waals surface area contributed by atoms with Crippen LogP contribution in [0.3, 0.4) is 0 Å². The van der Waals surface area contributed by atoms with Crippen LogP contribution in [0.25, 0.3) is 0 Å². The van der Waals surface area contributed by atoms with E-state index in [1.54, 1.807) is 12.1 Å². The molecule has 0 aliphatic heterocycles. The lowest BCUT2D eigenvalue weighted by Crippen LogP contribution is -2.11. The van der Waals surface area contributed by atoms with Crippen molar-refractivity contribution in [1.29, 1.82) is 0 Å². The number of benzene rings is 1. The fourth-order valence-electron chi connectivity index (χ4n) is 2.33. The van der Waals surface area contributed by atoms with Crippen LogP contribution < -0.4 is 10.6 Å². The van der Waals surface area contributed by atoms with Crippen LogP contribution in [-0.4, -0.2) is 28.2 Å². The summed E-state index contributed by atoms with van der Waals surface area (Å²) in [5, 5.41) is 14.7. The molecule has 3 N–H and O–H groups in total. The lowest BCUT2D eigenvalue weighted by atomic mass is 10.2. The van der Waals surface area contributed by atoms with Crippen molar-refractivity contribution in [3.8, 4) is 0 Å². The van der Waals surface area contributed by atoms with E-state index in [0.29, 0.717) is 24.2 Å². The number of hydrogen-bond donors (Lipinski definition) is 3. The van der Waals surface area contributed by atoms with Crippen LogP contribution in [0.5, 0.6) is 0 Å². The smallest absolute Gasteiger partial charge is 0.395 e. The highest BCUT2D eigenvalue weighted by Gasteiger charge is 2.33. The number of halogens is 4. The third-order valence-electron chi connectivity index (χ3n) is 3.68. The fourth-order valence-corrected chi connectivity index (χ4v) is 2.80. The first-order valence-electron chi connectivity index (χ1n) is 7.74. The Morgan fingerprint density at radius 2 is 1.96 bits per heavy atom. The minimum atomic E-state index is -4.45. The number of rotatable bonds is 6. The molecule has 1 heterocycles. The van der Waals surface area contributed by atoms with Gasteiger partial charge in [-0.25, -0.2) is 4.98 Å². The second kappa shape index (κ2) is 7.17. The van der Waals surface area contributed by atoms with E-state index in [2.05, 4.69) is 36.5 Å². The summed E-state index contributed by atoms with van der Waals surface area (Å²) in [4.78, 5) is 8.64. The van der Waals surface area contributed by atoms with Crippen LogP contribution in [0.15, 0.2) is 28.7 Å². The lowest BCUT2D eigenvalue weighted by Gasteiger charge is -2.13. The summed E-state index contributed by atoms with van der Waals surface area (Å²) in [5.41, 5.74) is 0.364. The second-order valence-corrected chi connectivity index (χ2v) is 6.60. The molecule has 25 heavy (non-hydrogen) atoms. The monoisotopic (exact) mass is 416 g/mol. The van der Waals surface area contributed by atoms with Gasteiger partial charge in [0, 0.05) is 28.7 Å². The van der Waals surface area contributed by atoms with Crippen molar-refractivity contribution in [2.75, 3.05) is 23.8 Å². The van der Waals surface area contributed by atoms with Gasteiger partial charge in [0.05, 0.1) is 17.9 Å². The number of aliphatic hydroxyl groups is 1. The van der Waals surface area contributed by atoms with Gasteiger partial charge in [0.1, 0.15) is 5.82 Å². The molecule has 2 aromatic rings. The Labute approximate surface area is 150 Å². The van der Waals surface area contributed by atoms with E-state index in [1.165, 1.54) is 6.07 Å². The molecule has 0 bridgehead atoms. The molecule has 5 nitrogen and oxygen atoms in total. The van der Waals surface area contributed by atoms with E-state index < -0.39 is 11.7 Å². The highest BCUT2D eigenvalue weighted by atomic mass is 79.9. The average Bonchev–Trinajstić information content (AvgIpc) is 3.38. The Kier molecular flexibility index (Phi) is 5.14. The topological polar surface area (TPSA) is 70.1 Å². The minimum absolute atomic E-state index is 0.0165. The predicted molar refractivity (Wildman–Crippen MR) is 92.0 cm³/mol. The van der Waals surface area contributed by atoms with Crippen molar-refractivity contribution < 1.29 is 18.3 Å². The van der Waals surface area contributed by atoms with Crippen molar-refractivity contribution >= 4 is 33.4 Å². The summed E-state index contributed by atoms with van der Waals surface area (Å²) < 4.78 is 39.1. The van der Waals surface area contributed by atoms with Crippen molar-refractivity contribution in [1.82, 2.24) is 9.97 Å². The number of aliphatic hydroxyl groups excluding tert-OH is 1. The third-order valence-corrected chi connectivity index (χ3v) is 4.37. The molecule has 3 rings (SSSR count). The number of alkyl halides is 3. The molecule has 0 saturated heterocycles. The molecule has 0 radical (unpaired) electrons. The number of anilines is 3. The highest BCUT2D eigenvalue weighted by Crippen LogP contribution is 2.40. The quantitative estimate of drug-likeness (QED) is 0.655.